The number of nitrogens with one attached hydrogen (secondary N) is 1. The Hall–Kier alpha value is -2.30. The van der Waals surface area contributed by atoms with Gasteiger partial charge in [-0.15, -0.1) is 0 Å². The van der Waals surface area contributed by atoms with Crippen LogP contribution in [-0.4, -0.2) is 16.6 Å². The van der Waals surface area contributed by atoms with Crippen molar-refractivity contribution in [2.75, 3.05) is 12.4 Å². The number of anilines is 1. The van der Waals surface area contributed by atoms with Crippen LogP contribution in [0.15, 0.2) is 41.5 Å². The van der Waals surface area contributed by atoms with Crippen molar-refractivity contribution in [1.82, 2.24) is 9.55 Å². The summed E-state index contributed by atoms with van der Waals surface area (Å²) in [6.45, 7) is 5.87. The Kier molecular flexibility index (Phi) is 3.79. The Morgan fingerprint density at radius 3 is 2.40 bits per heavy atom. The molecular weight excluding hydrogens is 254 g/mol. The molecule has 0 fully saturated rings. The second-order valence-corrected chi connectivity index (χ2v) is 5.45. The highest BCUT2D eigenvalue weighted by molar-refractivity contribution is 5.46. The maximum atomic E-state index is 12.3. The summed E-state index contributed by atoms with van der Waals surface area (Å²) in [7, 11) is 1.84. The SMILES string of the molecule is CNc1ccc(Oc2nccn(C(C)(C)C)c2=O)cc1. The molecule has 0 saturated heterocycles. The van der Waals surface area contributed by atoms with E-state index in [2.05, 4.69) is 10.3 Å². The maximum Gasteiger partial charge on any atom is 0.314 e. The number of ether oxygens (including phenoxy) is 1. The molecule has 1 aromatic heterocycles. The second-order valence-electron chi connectivity index (χ2n) is 5.45. The summed E-state index contributed by atoms with van der Waals surface area (Å²) in [5, 5.41) is 3.02. The highest BCUT2D eigenvalue weighted by atomic mass is 16.5. The number of nitrogens with zero attached hydrogens (tertiary/aromatic N) is 2. The lowest BCUT2D eigenvalue weighted by atomic mass is 10.1. The van der Waals surface area contributed by atoms with Gasteiger partial charge >= 0.3 is 5.56 Å². The van der Waals surface area contributed by atoms with Gasteiger partial charge in [0, 0.05) is 30.7 Å². The van der Waals surface area contributed by atoms with E-state index in [9.17, 15) is 4.79 Å². The van der Waals surface area contributed by atoms with Gasteiger partial charge in [0.15, 0.2) is 0 Å². The van der Waals surface area contributed by atoms with Crippen molar-refractivity contribution in [3.05, 3.63) is 47.0 Å². The van der Waals surface area contributed by atoms with Gasteiger partial charge in [-0.05, 0) is 45.0 Å². The van der Waals surface area contributed by atoms with Crippen LogP contribution in [0.25, 0.3) is 0 Å². The van der Waals surface area contributed by atoms with Crippen molar-refractivity contribution in [3.8, 4) is 11.6 Å². The molecule has 5 nitrogen and oxygen atoms in total. The fourth-order valence-corrected chi connectivity index (χ4v) is 1.79. The molecule has 0 aliphatic rings. The summed E-state index contributed by atoms with van der Waals surface area (Å²) in [6, 6.07) is 7.34. The smallest absolute Gasteiger partial charge is 0.314 e. The minimum absolute atomic E-state index is 0.0830. The monoisotopic (exact) mass is 273 g/mol. The lowest BCUT2D eigenvalue weighted by Crippen LogP contribution is -2.34. The van der Waals surface area contributed by atoms with Crippen LogP contribution in [0.5, 0.6) is 11.6 Å². The number of hydrogen-bond acceptors (Lipinski definition) is 4. The van der Waals surface area contributed by atoms with Crippen LogP contribution >= 0.6 is 0 Å². The fraction of sp³-hybridized carbons (Fsp3) is 0.333. The van der Waals surface area contributed by atoms with E-state index >= 15 is 0 Å². The first-order valence-corrected chi connectivity index (χ1v) is 6.45. The Morgan fingerprint density at radius 2 is 1.85 bits per heavy atom. The minimum Gasteiger partial charge on any atom is -0.435 e. The second kappa shape index (κ2) is 5.36. The van der Waals surface area contributed by atoms with E-state index in [1.807, 2.05) is 40.0 Å². The molecule has 0 bridgehead atoms. The minimum atomic E-state index is -0.311. The predicted molar refractivity (Wildman–Crippen MR) is 79.6 cm³/mol. The molecule has 0 atom stereocenters. The summed E-state index contributed by atoms with van der Waals surface area (Å²) < 4.78 is 7.18. The maximum absolute atomic E-state index is 12.3. The average Bonchev–Trinajstić information content (AvgIpc) is 2.40. The first-order chi connectivity index (χ1) is 9.41. The van der Waals surface area contributed by atoms with Gasteiger partial charge in [0.25, 0.3) is 5.88 Å². The lowest BCUT2D eigenvalue weighted by molar-refractivity contribution is 0.363. The summed E-state index contributed by atoms with van der Waals surface area (Å²) in [5.41, 5.74) is 0.428. The third-order valence-electron chi connectivity index (χ3n) is 2.89. The Labute approximate surface area is 118 Å². The van der Waals surface area contributed by atoms with Crippen LogP contribution < -0.4 is 15.6 Å². The summed E-state index contributed by atoms with van der Waals surface area (Å²) >= 11 is 0. The average molecular weight is 273 g/mol. The van der Waals surface area contributed by atoms with Crippen molar-refractivity contribution in [3.63, 3.8) is 0 Å². The van der Waals surface area contributed by atoms with Crippen LogP contribution in [0.4, 0.5) is 5.69 Å². The van der Waals surface area contributed by atoms with Crippen molar-refractivity contribution < 1.29 is 4.74 Å². The third kappa shape index (κ3) is 2.99. The van der Waals surface area contributed by atoms with E-state index in [4.69, 9.17) is 4.74 Å². The van der Waals surface area contributed by atoms with Crippen molar-refractivity contribution >= 4 is 5.69 Å². The van der Waals surface area contributed by atoms with Gasteiger partial charge in [-0.3, -0.25) is 4.79 Å². The molecule has 106 valence electrons. The standard InChI is InChI=1S/C15H19N3O2/c1-15(2,3)18-10-9-17-13(14(18)19)20-12-7-5-11(16-4)6-8-12/h5-10,16H,1-4H3. The quantitative estimate of drug-likeness (QED) is 0.934. The van der Waals surface area contributed by atoms with Gasteiger partial charge in [-0.1, -0.05) is 0 Å². The molecule has 0 aliphatic heterocycles. The summed E-state index contributed by atoms with van der Waals surface area (Å²) in [6.07, 6.45) is 3.24. The number of aromatic nitrogens is 2. The Morgan fingerprint density at radius 1 is 1.20 bits per heavy atom. The van der Waals surface area contributed by atoms with E-state index in [0.29, 0.717) is 5.75 Å². The molecule has 0 radical (unpaired) electrons. The highest BCUT2D eigenvalue weighted by Gasteiger charge is 2.17. The van der Waals surface area contributed by atoms with Crippen molar-refractivity contribution in [2.45, 2.75) is 26.3 Å². The van der Waals surface area contributed by atoms with Crippen LogP contribution in [0.3, 0.4) is 0 Å². The zero-order valence-electron chi connectivity index (χ0n) is 12.2. The van der Waals surface area contributed by atoms with Gasteiger partial charge in [-0.2, -0.15) is 0 Å². The molecule has 1 N–H and O–H groups in total. The summed E-state index contributed by atoms with van der Waals surface area (Å²) in [4.78, 5) is 16.3. The fourth-order valence-electron chi connectivity index (χ4n) is 1.79. The van der Waals surface area contributed by atoms with E-state index in [0.717, 1.165) is 5.69 Å². The lowest BCUT2D eigenvalue weighted by Gasteiger charge is -2.22. The van der Waals surface area contributed by atoms with Gasteiger partial charge in [0.2, 0.25) is 0 Å². The normalized spacial score (nSPS) is 11.2. The zero-order valence-corrected chi connectivity index (χ0v) is 12.2. The van der Waals surface area contributed by atoms with Crippen molar-refractivity contribution in [2.24, 2.45) is 0 Å². The first-order valence-electron chi connectivity index (χ1n) is 6.45. The molecule has 20 heavy (non-hydrogen) atoms. The molecule has 2 aromatic rings. The first kappa shape index (κ1) is 14.1. The molecule has 0 amide bonds. The Bertz CT molecular complexity index is 639. The van der Waals surface area contributed by atoms with E-state index in [1.165, 1.54) is 0 Å². The molecule has 1 heterocycles. The van der Waals surface area contributed by atoms with Crippen molar-refractivity contribution in [1.29, 1.82) is 0 Å². The number of rotatable bonds is 3. The molecule has 0 saturated carbocycles. The van der Waals surface area contributed by atoms with Crippen LogP contribution in [0.2, 0.25) is 0 Å². The van der Waals surface area contributed by atoms with Crippen LogP contribution in [0, 0.1) is 0 Å². The molecule has 0 unspecified atom stereocenters. The highest BCUT2D eigenvalue weighted by Crippen LogP contribution is 2.20. The molecule has 0 aliphatic carbocycles. The van der Waals surface area contributed by atoms with Crippen LogP contribution in [-0.2, 0) is 5.54 Å². The van der Waals surface area contributed by atoms with Gasteiger partial charge < -0.3 is 14.6 Å². The number of benzene rings is 1. The predicted octanol–water partition coefficient (Wildman–Crippen LogP) is 2.83. The molecular formula is C15H19N3O2. The molecule has 0 spiro atoms. The Balaban J connectivity index is 2.32. The topological polar surface area (TPSA) is 56.1 Å². The van der Waals surface area contributed by atoms with E-state index < -0.39 is 0 Å². The largest absolute Gasteiger partial charge is 0.435 e. The van der Waals surface area contributed by atoms with E-state index in [-0.39, 0.29) is 17.0 Å². The van der Waals surface area contributed by atoms with Gasteiger partial charge in [0.05, 0.1) is 0 Å². The zero-order chi connectivity index (χ0) is 14.8. The number of hydrogen-bond donors (Lipinski definition) is 1. The van der Waals surface area contributed by atoms with Crippen LogP contribution in [0.1, 0.15) is 20.8 Å². The van der Waals surface area contributed by atoms with Gasteiger partial charge in [-0.25, -0.2) is 4.98 Å². The van der Waals surface area contributed by atoms with Gasteiger partial charge in [0.1, 0.15) is 5.75 Å². The summed E-state index contributed by atoms with van der Waals surface area (Å²) in [5.74, 6) is 0.667. The molecule has 1 aromatic carbocycles. The molecule has 2 rings (SSSR count). The third-order valence-corrected chi connectivity index (χ3v) is 2.89. The molecule has 5 heteroatoms. The van der Waals surface area contributed by atoms with E-state index in [1.54, 1.807) is 29.1 Å².